The molecule has 0 radical (unpaired) electrons. The Labute approximate surface area is 100 Å². The molecule has 0 N–H and O–H groups in total. The number of carbonyl (C=O) groups excluding carboxylic acids is 1. The zero-order chi connectivity index (χ0) is 12.3. The van der Waals surface area contributed by atoms with Crippen LogP contribution in [0.5, 0.6) is 0 Å². The standard InChI is InChI=1S/C14H15FNO/c1-16-10-14(9-3-2-4-13(14)17)11-5-7-12(15)8-6-11/h5-8H,2-4,9H2,1H3/q+1/t14-/m0/s1. The molecular formula is C14H15FNO+. The van der Waals surface area contributed by atoms with Gasteiger partial charge in [0.05, 0.1) is 0 Å². The highest BCUT2D eigenvalue weighted by atomic mass is 19.1. The van der Waals surface area contributed by atoms with E-state index in [0.717, 1.165) is 24.8 Å². The van der Waals surface area contributed by atoms with Crippen molar-refractivity contribution < 1.29 is 9.18 Å². The van der Waals surface area contributed by atoms with Gasteiger partial charge in [-0.05, 0) is 30.5 Å². The number of carbonyl (C=O) groups is 1. The lowest BCUT2D eigenvalue weighted by atomic mass is 9.69. The Balaban J connectivity index is 2.49. The Bertz CT molecular complexity index is 483. The summed E-state index contributed by atoms with van der Waals surface area (Å²) in [7, 11) is 1.62. The number of hydrogen-bond donors (Lipinski definition) is 0. The van der Waals surface area contributed by atoms with E-state index in [4.69, 9.17) is 0 Å². The van der Waals surface area contributed by atoms with Gasteiger partial charge in [-0.15, -0.1) is 0 Å². The van der Waals surface area contributed by atoms with Crippen molar-refractivity contribution >= 4 is 5.78 Å². The maximum atomic E-state index is 12.9. The van der Waals surface area contributed by atoms with E-state index in [1.165, 1.54) is 12.1 Å². The lowest BCUT2D eigenvalue weighted by molar-refractivity contribution is -0.124. The zero-order valence-corrected chi connectivity index (χ0v) is 9.87. The minimum Gasteiger partial charge on any atom is -0.297 e. The fraction of sp³-hybridized carbons (Fsp3) is 0.429. The normalized spacial score (nSPS) is 24.0. The Hall–Kier alpha value is -1.69. The molecule has 2 rings (SSSR count). The van der Waals surface area contributed by atoms with Crippen LogP contribution in [0.3, 0.4) is 0 Å². The average Bonchev–Trinajstić information content (AvgIpc) is 2.33. The molecule has 2 nitrogen and oxygen atoms in total. The van der Waals surface area contributed by atoms with Gasteiger partial charge in [-0.25, -0.2) is 4.39 Å². The summed E-state index contributed by atoms with van der Waals surface area (Å²) < 4.78 is 12.9. The van der Waals surface area contributed by atoms with Gasteiger partial charge in [0.1, 0.15) is 5.82 Å². The molecule has 3 heteroatoms. The van der Waals surface area contributed by atoms with Gasteiger partial charge in [-0.2, -0.15) is 0 Å². The summed E-state index contributed by atoms with van der Waals surface area (Å²) in [5.41, 5.74) is 0.0509. The third-order valence-corrected chi connectivity index (χ3v) is 3.32. The van der Waals surface area contributed by atoms with Gasteiger partial charge in [-0.1, -0.05) is 23.4 Å². The predicted octanol–water partition coefficient (Wildman–Crippen LogP) is 3.17. The number of rotatable bonds is 1. The van der Waals surface area contributed by atoms with Gasteiger partial charge in [0.25, 0.3) is 13.1 Å². The summed E-state index contributed by atoms with van der Waals surface area (Å²) in [6.07, 6.45) is 3.17. The van der Waals surface area contributed by atoms with Crippen LogP contribution < -0.4 is 0 Å². The molecule has 0 unspecified atom stereocenters. The summed E-state index contributed by atoms with van der Waals surface area (Å²) in [6, 6.07) is 9.03. The topological polar surface area (TPSA) is 21.4 Å². The minimum absolute atomic E-state index is 0.140. The van der Waals surface area contributed by atoms with E-state index in [9.17, 15) is 9.18 Å². The summed E-state index contributed by atoms with van der Waals surface area (Å²) in [6.45, 7) is 0. The molecule has 0 aromatic heterocycles. The van der Waals surface area contributed by atoms with Crippen LogP contribution in [-0.4, -0.2) is 12.8 Å². The van der Waals surface area contributed by atoms with Gasteiger partial charge in [-0.3, -0.25) is 4.79 Å². The van der Waals surface area contributed by atoms with Crippen molar-refractivity contribution in [3.63, 3.8) is 0 Å². The molecule has 0 amide bonds. The van der Waals surface area contributed by atoms with E-state index < -0.39 is 5.41 Å². The van der Waals surface area contributed by atoms with E-state index in [1.807, 2.05) is 0 Å². The van der Waals surface area contributed by atoms with Crippen molar-refractivity contribution in [2.24, 2.45) is 0 Å². The molecule has 0 bridgehead atoms. The molecule has 1 aliphatic carbocycles. The predicted molar refractivity (Wildman–Crippen MR) is 64.7 cm³/mol. The fourth-order valence-corrected chi connectivity index (χ4v) is 2.44. The van der Waals surface area contributed by atoms with Gasteiger partial charge < -0.3 is 0 Å². The Morgan fingerprint density at radius 3 is 2.59 bits per heavy atom. The van der Waals surface area contributed by atoms with E-state index in [0.29, 0.717) is 6.42 Å². The zero-order valence-electron chi connectivity index (χ0n) is 9.87. The van der Waals surface area contributed by atoms with E-state index >= 15 is 0 Å². The number of nitrogens with zero attached hydrogens (tertiary/aromatic N) is 1. The first-order valence-corrected chi connectivity index (χ1v) is 5.84. The minimum atomic E-state index is -0.749. The summed E-state index contributed by atoms with van der Waals surface area (Å²) in [4.78, 5) is 16.1. The molecule has 0 heterocycles. The lowest BCUT2D eigenvalue weighted by Gasteiger charge is -2.26. The maximum Gasteiger partial charge on any atom is 0.292 e. The molecule has 88 valence electrons. The fourth-order valence-electron chi connectivity index (χ4n) is 2.44. The van der Waals surface area contributed by atoms with Crippen LogP contribution in [0.4, 0.5) is 4.39 Å². The Kier molecular flexibility index (Phi) is 3.23. The SMILES string of the molecule is C[N+]#C[C@]1(c2ccc(F)cc2)CCCCC1=O. The quantitative estimate of drug-likeness (QED) is 0.728. The van der Waals surface area contributed by atoms with Gasteiger partial charge >= 0.3 is 0 Å². The van der Waals surface area contributed by atoms with E-state index in [1.54, 1.807) is 19.2 Å². The van der Waals surface area contributed by atoms with E-state index in [-0.39, 0.29) is 11.6 Å². The number of hydrogen-bond acceptors (Lipinski definition) is 1. The molecule has 1 saturated carbocycles. The highest BCUT2D eigenvalue weighted by molar-refractivity contribution is 5.94. The van der Waals surface area contributed by atoms with Crippen LogP contribution in [0.1, 0.15) is 31.2 Å². The highest BCUT2D eigenvalue weighted by Gasteiger charge is 2.45. The summed E-state index contributed by atoms with van der Waals surface area (Å²) >= 11 is 0. The second-order valence-electron chi connectivity index (χ2n) is 4.38. The van der Waals surface area contributed by atoms with Crippen molar-refractivity contribution in [2.75, 3.05) is 7.05 Å². The third kappa shape index (κ3) is 2.08. The highest BCUT2D eigenvalue weighted by Crippen LogP contribution is 2.36. The number of ketones is 1. The van der Waals surface area contributed by atoms with Crippen molar-refractivity contribution in [2.45, 2.75) is 31.1 Å². The first-order valence-electron chi connectivity index (χ1n) is 5.84. The van der Waals surface area contributed by atoms with Gasteiger partial charge in [0.2, 0.25) is 0 Å². The lowest BCUT2D eigenvalue weighted by Crippen LogP contribution is -2.37. The second-order valence-corrected chi connectivity index (χ2v) is 4.38. The molecule has 0 aliphatic heterocycles. The van der Waals surface area contributed by atoms with Crippen LogP contribution >= 0.6 is 0 Å². The van der Waals surface area contributed by atoms with Crippen molar-refractivity contribution in [1.82, 2.24) is 0 Å². The molecule has 1 fully saturated rings. The molecule has 0 saturated heterocycles. The summed E-state index contributed by atoms with van der Waals surface area (Å²) in [5, 5.41) is 0. The Morgan fingerprint density at radius 2 is 2.00 bits per heavy atom. The van der Waals surface area contributed by atoms with Gasteiger partial charge in [0, 0.05) is 6.42 Å². The molecule has 17 heavy (non-hydrogen) atoms. The van der Waals surface area contributed by atoms with Crippen LogP contribution in [0.25, 0.3) is 4.85 Å². The van der Waals surface area contributed by atoms with Crippen LogP contribution in [0.15, 0.2) is 24.3 Å². The van der Waals surface area contributed by atoms with Crippen LogP contribution in [0.2, 0.25) is 0 Å². The largest absolute Gasteiger partial charge is 0.297 e. The molecule has 1 aromatic carbocycles. The first-order chi connectivity index (χ1) is 8.19. The Morgan fingerprint density at radius 1 is 1.29 bits per heavy atom. The van der Waals surface area contributed by atoms with Crippen molar-refractivity contribution in [3.8, 4) is 6.07 Å². The smallest absolute Gasteiger partial charge is 0.292 e. The molecule has 1 aliphatic rings. The summed E-state index contributed by atoms with van der Waals surface area (Å²) in [5.74, 6) is -0.151. The first kappa shape index (κ1) is 11.8. The third-order valence-electron chi connectivity index (χ3n) is 3.32. The van der Waals surface area contributed by atoms with Crippen LogP contribution in [-0.2, 0) is 10.2 Å². The molecule has 0 spiro atoms. The average molecular weight is 232 g/mol. The monoisotopic (exact) mass is 232 g/mol. The molecular weight excluding hydrogens is 217 g/mol. The second kappa shape index (κ2) is 4.67. The van der Waals surface area contributed by atoms with Gasteiger partial charge in [0.15, 0.2) is 11.2 Å². The van der Waals surface area contributed by atoms with Crippen molar-refractivity contribution in [1.29, 1.82) is 0 Å². The number of halogens is 1. The number of benzene rings is 1. The van der Waals surface area contributed by atoms with E-state index in [2.05, 4.69) is 10.9 Å². The van der Waals surface area contributed by atoms with Crippen LogP contribution in [0, 0.1) is 11.9 Å². The molecule has 1 atom stereocenters. The number of Topliss-reactive ketones (excluding diaryl/α,β-unsaturated/α-hetero) is 1. The van der Waals surface area contributed by atoms with Crippen molar-refractivity contribution in [3.05, 3.63) is 40.5 Å². The maximum absolute atomic E-state index is 12.9. The molecule has 1 aromatic rings.